The van der Waals surface area contributed by atoms with Crippen molar-refractivity contribution in [1.29, 1.82) is 0 Å². The molecule has 1 heterocycles. The third-order valence-electron chi connectivity index (χ3n) is 5.03. The van der Waals surface area contributed by atoms with Gasteiger partial charge >= 0.3 is 0 Å². The van der Waals surface area contributed by atoms with Gasteiger partial charge in [-0.1, -0.05) is 61.7 Å². The van der Waals surface area contributed by atoms with Gasteiger partial charge in [0.25, 0.3) is 0 Å². The van der Waals surface area contributed by atoms with Crippen LogP contribution in [0.5, 0.6) is 5.75 Å². The second-order valence-corrected chi connectivity index (χ2v) is 8.30. The summed E-state index contributed by atoms with van der Waals surface area (Å²) in [4.78, 5) is 12.4. The molecule has 1 aliphatic carbocycles. The van der Waals surface area contributed by atoms with Gasteiger partial charge in [-0.3, -0.25) is 9.36 Å². The van der Waals surface area contributed by atoms with Gasteiger partial charge in [0.15, 0.2) is 17.1 Å². The molecule has 156 valence electrons. The zero-order valence-electron chi connectivity index (χ0n) is 17.0. The molecule has 1 aromatic heterocycles. The number of para-hydroxylation sites is 1. The number of allylic oxidation sites excluding steroid dienone is 1. The van der Waals surface area contributed by atoms with Crippen LogP contribution in [-0.4, -0.2) is 32.5 Å². The summed E-state index contributed by atoms with van der Waals surface area (Å²) in [5, 5.41) is 12.5. The Morgan fingerprint density at radius 2 is 2.00 bits per heavy atom. The van der Waals surface area contributed by atoms with Gasteiger partial charge in [-0.2, -0.15) is 0 Å². The number of hydrogen-bond acceptors (Lipinski definition) is 5. The first-order valence-electron chi connectivity index (χ1n) is 10.3. The molecule has 0 bridgehead atoms. The predicted octanol–water partition coefficient (Wildman–Crippen LogP) is 4.54. The predicted molar refractivity (Wildman–Crippen MR) is 116 cm³/mol. The Labute approximate surface area is 177 Å². The van der Waals surface area contributed by atoms with E-state index in [1.54, 1.807) is 6.08 Å². The first-order chi connectivity index (χ1) is 14.2. The minimum atomic E-state index is -0.265. The minimum absolute atomic E-state index is 0.0604. The van der Waals surface area contributed by atoms with E-state index in [2.05, 4.69) is 22.1 Å². The molecule has 0 saturated heterocycles. The third-order valence-corrected chi connectivity index (χ3v) is 6.00. The topological polar surface area (TPSA) is 69.0 Å². The van der Waals surface area contributed by atoms with Crippen molar-refractivity contribution in [2.24, 2.45) is 0 Å². The summed E-state index contributed by atoms with van der Waals surface area (Å²) in [5.74, 6) is 1.90. The molecule has 0 unspecified atom stereocenters. The van der Waals surface area contributed by atoms with Crippen LogP contribution in [-0.2, 0) is 11.3 Å². The number of nitrogens with one attached hydrogen (secondary N) is 1. The van der Waals surface area contributed by atoms with E-state index >= 15 is 0 Å². The fourth-order valence-electron chi connectivity index (χ4n) is 3.59. The monoisotopic (exact) mass is 414 g/mol. The molecule has 1 saturated carbocycles. The second-order valence-electron chi connectivity index (χ2n) is 7.36. The number of carbonyl (C=O) groups excluding carboxylic acids is 1. The van der Waals surface area contributed by atoms with Crippen molar-refractivity contribution in [3.63, 3.8) is 0 Å². The lowest BCUT2D eigenvalue weighted by Gasteiger charge is -2.17. The van der Waals surface area contributed by atoms with E-state index in [0.717, 1.165) is 24.4 Å². The quantitative estimate of drug-likeness (QED) is 0.371. The van der Waals surface area contributed by atoms with E-state index in [1.807, 2.05) is 41.8 Å². The number of amides is 1. The molecular formula is C22H30N4O2S. The zero-order valence-corrected chi connectivity index (χ0v) is 17.9. The van der Waals surface area contributed by atoms with E-state index in [4.69, 9.17) is 4.74 Å². The van der Waals surface area contributed by atoms with Crippen molar-refractivity contribution in [3.8, 4) is 5.75 Å². The first-order valence-corrected chi connectivity index (χ1v) is 11.3. The lowest BCUT2D eigenvalue weighted by Crippen LogP contribution is -2.35. The number of carbonyl (C=O) groups is 1. The summed E-state index contributed by atoms with van der Waals surface area (Å²) in [6, 6.07) is 9.96. The molecule has 1 aromatic carbocycles. The largest absolute Gasteiger partial charge is 0.483 e. The van der Waals surface area contributed by atoms with Crippen LogP contribution in [0.3, 0.4) is 0 Å². The van der Waals surface area contributed by atoms with Gasteiger partial charge < -0.3 is 10.1 Å². The average Bonchev–Trinajstić information content (AvgIpc) is 2.94. The molecule has 7 heteroatoms. The van der Waals surface area contributed by atoms with Gasteiger partial charge in [0.2, 0.25) is 5.91 Å². The Balaban J connectivity index is 1.60. The third kappa shape index (κ3) is 6.35. The highest BCUT2D eigenvalue weighted by molar-refractivity contribution is 7.99. The molecule has 1 aliphatic rings. The summed E-state index contributed by atoms with van der Waals surface area (Å²) in [5.41, 5.74) is 0. The fraction of sp³-hybridized carbons (Fsp3) is 0.500. The lowest BCUT2D eigenvalue weighted by atomic mass is 10.1. The highest BCUT2D eigenvalue weighted by Gasteiger charge is 2.20. The van der Waals surface area contributed by atoms with Gasteiger partial charge in [0, 0.05) is 12.6 Å². The Kier molecular flexibility index (Phi) is 8.16. The lowest BCUT2D eigenvalue weighted by molar-refractivity contribution is -0.119. The van der Waals surface area contributed by atoms with Crippen LogP contribution in [0.2, 0.25) is 0 Å². The molecule has 6 nitrogen and oxygen atoms in total. The summed E-state index contributed by atoms with van der Waals surface area (Å²) in [6.07, 6.45) is 8.67. The number of rotatable bonds is 9. The van der Waals surface area contributed by atoms with Crippen molar-refractivity contribution in [2.75, 3.05) is 5.75 Å². The summed E-state index contributed by atoms with van der Waals surface area (Å²) >= 11 is 1.41. The van der Waals surface area contributed by atoms with Gasteiger partial charge in [0.05, 0.1) is 5.75 Å². The molecule has 0 radical (unpaired) electrons. The van der Waals surface area contributed by atoms with Crippen molar-refractivity contribution < 1.29 is 9.53 Å². The molecule has 1 amide bonds. The zero-order chi connectivity index (χ0) is 20.5. The summed E-state index contributed by atoms with van der Waals surface area (Å²) < 4.78 is 7.95. The Morgan fingerprint density at radius 1 is 1.28 bits per heavy atom. The minimum Gasteiger partial charge on any atom is -0.483 e. The van der Waals surface area contributed by atoms with Gasteiger partial charge in [0.1, 0.15) is 5.75 Å². The number of thioether (sulfide) groups is 1. The highest BCUT2D eigenvalue weighted by Crippen LogP contribution is 2.25. The van der Waals surface area contributed by atoms with E-state index < -0.39 is 0 Å². The number of ether oxygens (including phenoxy) is 1. The first kappa shape index (κ1) is 21.4. The maximum Gasteiger partial charge on any atom is 0.230 e. The number of aromatic nitrogens is 3. The Morgan fingerprint density at radius 3 is 2.69 bits per heavy atom. The van der Waals surface area contributed by atoms with Crippen molar-refractivity contribution in [3.05, 3.63) is 48.8 Å². The van der Waals surface area contributed by atoms with E-state index in [9.17, 15) is 4.79 Å². The fourth-order valence-corrected chi connectivity index (χ4v) is 4.35. The van der Waals surface area contributed by atoms with Gasteiger partial charge in [-0.15, -0.1) is 16.8 Å². The average molecular weight is 415 g/mol. The SMILES string of the molecule is C=CCn1c(SCC(=O)NC2CCCCCC2)nnc1[C@@H](C)Oc1ccccc1. The Hall–Kier alpha value is -2.28. The van der Waals surface area contributed by atoms with Crippen LogP contribution in [0.25, 0.3) is 0 Å². The number of nitrogens with zero attached hydrogens (tertiary/aromatic N) is 3. The molecule has 3 rings (SSSR count). The molecule has 29 heavy (non-hydrogen) atoms. The molecule has 0 aliphatic heterocycles. The van der Waals surface area contributed by atoms with Crippen molar-refractivity contribution >= 4 is 17.7 Å². The summed E-state index contributed by atoms with van der Waals surface area (Å²) in [6.45, 7) is 6.35. The highest BCUT2D eigenvalue weighted by atomic mass is 32.2. The Bertz CT molecular complexity index is 785. The molecule has 1 fully saturated rings. The van der Waals surface area contributed by atoms with Crippen LogP contribution in [0.15, 0.2) is 48.1 Å². The maximum atomic E-state index is 12.4. The van der Waals surface area contributed by atoms with Gasteiger partial charge in [-0.05, 0) is 31.9 Å². The second kappa shape index (κ2) is 11.0. The maximum absolute atomic E-state index is 12.4. The van der Waals surface area contributed by atoms with E-state index in [1.165, 1.54) is 37.4 Å². The van der Waals surface area contributed by atoms with Crippen molar-refractivity contribution in [2.45, 2.75) is 69.3 Å². The number of hydrogen-bond donors (Lipinski definition) is 1. The van der Waals surface area contributed by atoms with Crippen molar-refractivity contribution in [1.82, 2.24) is 20.1 Å². The van der Waals surface area contributed by atoms with Crippen LogP contribution in [0.1, 0.15) is 57.4 Å². The van der Waals surface area contributed by atoms with Crippen LogP contribution < -0.4 is 10.1 Å². The number of benzene rings is 1. The summed E-state index contributed by atoms with van der Waals surface area (Å²) in [7, 11) is 0. The van der Waals surface area contributed by atoms with Crippen LogP contribution in [0, 0.1) is 0 Å². The molecule has 2 aromatic rings. The van der Waals surface area contributed by atoms with E-state index in [0.29, 0.717) is 23.5 Å². The normalized spacial score (nSPS) is 16.0. The van der Waals surface area contributed by atoms with Gasteiger partial charge in [-0.25, -0.2) is 0 Å². The molecule has 1 N–H and O–H groups in total. The smallest absolute Gasteiger partial charge is 0.230 e. The molecular weight excluding hydrogens is 384 g/mol. The standard InChI is InChI=1S/C22H30N4O2S/c1-3-15-26-21(17(2)28-19-13-9-6-10-14-19)24-25-22(26)29-16-20(27)23-18-11-7-4-5-8-12-18/h3,6,9-10,13-14,17-18H,1,4-5,7-8,11-12,15-16H2,2H3,(H,23,27)/t17-/m1/s1. The van der Waals surface area contributed by atoms with E-state index in [-0.39, 0.29) is 12.0 Å². The molecule has 1 atom stereocenters. The van der Waals surface area contributed by atoms with Crippen LogP contribution >= 0.6 is 11.8 Å². The molecule has 0 spiro atoms. The van der Waals surface area contributed by atoms with Crippen LogP contribution in [0.4, 0.5) is 0 Å².